The number of hydrogen-bond acceptors (Lipinski definition) is 4. The first-order chi connectivity index (χ1) is 9.92. The monoisotopic (exact) mass is 324 g/mol. The van der Waals surface area contributed by atoms with Crippen LogP contribution < -0.4 is 10.0 Å². The van der Waals surface area contributed by atoms with E-state index in [4.69, 9.17) is 0 Å². The predicted molar refractivity (Wildman–Crippen MR) is 88.4 cm³/mol. The number of thiophene rings is 1. The van der Waals surface area contributed by atoms with Crippen LogP contribution in [0.3, 0.4) is 0 Å². The third-order valence-electron chi connectivity index (χ3n) is 3.04. The van der Waals surface area contributed by atoms with E-state index in [1.165, 1.54) is 11.3 Å². The van der Waals surface area contributed by atoms with Crippen LogP contribution in [0.4, 0.5) is 5.69 Å². The molecule has 1 aromatic carbocycles. The smallest absolute Gasteiger partial charge is 0.262 e. The fourth-order valence-corrected chi connectivity index (χ4v) is 4.70. The lowest BCUT2D eigenvalue weighted by atomic mass is 10.2. The fourth-order valence-electron chi connectivity index (χ4n) is 2.10. The molecule has 0 unspecified atom stereocenters. The normalized spacial score (nSPS) is 11.6. The van der Waals surface area contributed by atoms with Crippen LogP contribution in [0.25, 0.3) is 0 Å². The van der Waals surface area contributed by atoms with E-state index in [9.17, 15) is 8.42 Å². The second-order valence-electron chi connectivity index (χ2n) is 4.86. The minimum Gasteiger partial charge on any atom is -0.313 e. The molecule has 4 nitrogen and oxygen atoms in total. The molecule has 2 N–H and O–H groups in total. The molecule has 0 aliphatic rings. The summed E-state index contributed by atoms with van der Waals surface area (Å²) in [5.74, 6) is 0. The Balaban J connectivity index is 2.22. The highest BCUT2D eigenvalue weighted by Gasteiger charge is 2.19. The Hall–Kier alpha value is -1.37. The molecule has 2 aromatic rings. The van der Waals surface area contributed by atoms with Crippen molar-refractivity contribution >= 4 is 27.0 Å². The van der Waals surface area contributed by atoms with Crippen LogP contribution in [-0.4, -0.2) is 15.0 Å². The Morgan fingerprint density at radius 3 is 2.57 bits per heavy atom. The molecule has 0 fully saturated rings. The van der Waals surface area contributed by atoms with Crippen molar-refractivity contribution in [2.45, 2.75) is 32.2 Å². The third-order valence-corrected chi connectivity index (χ3v) is 5.65. The summed E-state index contributed by atoms with van der Waals surface area (Å²) in [6.45, 7) is 7.38. The van der Waals surface area contributed by atoms with Crippen molar-refractivity contribution in [3.8, 4) is 0 Å². The lowest BCUT2D eigenvalue weighted by molar-refractivity contribution is 0.601. The molecule has 1 heterocycles. The standard InChI is InChI=1S/C15H20N2O2S2/c1-4-16-10-13-6-5-7-14(9-13)17-21(18,19)15-8-11(2)20-12(15)3/h5-9,16-17H,4,10H2,1-3H3. The topological polar surface area (TPSA) is 58.2 Å². The molecule has 2 rings (SSSR count). The zero-order valence-corrected chi connectivity index (χ0v) is 14.1. The second kappa shape index (κ2) is 6.60. The van der Waals surface area contributed by atoms with Gasteiger partial charge in [0.05, 0.1) is 0 Å². The van der Waals surface area contributed by atoms with Gasteiger partial charge in [0.2, 0.25) is 0 Å². The van der Waals surface area contributed by atoms with Crippen LogP contribution in [0.15, 0.2) is 35.2 Å². The van der Waals surface area contributed by atoms with Crippen molar-refractivity contribution in [1.82, 2.24) is 5.32 Å². The summed E-state index contributed by atoms with van der Waals surface area (Å²) in [6, 6.07) is 9.16. The van der Waals surface area contributed by atoms with Gasteiger partial charge in [-0.15, -0.1) is 11.3 Å². The molecule has 0 radical (unpaired) electrons. The molecule has 0 atom stereocenters. The van der Waals surface area contributed by atoms with Crippen molar-refractivity contribution in [2.75, 3.05) is 11.3 Å². The summed E-state index contributed by atoms with van der Waals surface area (Å²) in [6.07, 6.45) is 0. The molecule has 1 aromatic heterocycles. The number of benzene rings is 1. The summed E-state index contributed by atoms with van der Waals surface area (Å²) in [4.78, 5) is 2.17. The lowest BCUT2D eigenvalue weighted by Crippen LogP contribution is -2.14. The highest BCUT2D eigenvalue weighted by molar-refractivity contribution is 7.93. The Labute approximate surface area is 130 Å². The molecule has 0 aliphatic heterocycles. The predicted octanol–water partition coefficient (Wildman–Crippen LogP) is 3.28. The van der Waals surface area contributed by atoms with Gasteiger partial charge in [-0.1, -0.05) is 19.1 Å². The average Bonchev–Trinajstić information content (AvgIpc) is 2.76. The Morgan fingerprint density at radius 1 is 1.19 bits per heavy atom. The first kappa shape index (κ1) is 16.0. The summed E-state index contributed by atoms with van der Waals surface area (Å²) < 4.78 is 27.5. The minimum absolute atomic E-state index is 0.363. The van der Waals surface area contributed by atoms with E-state index >= 15 is 0 Å². The SMILES string of the molecule is CCNCc1cccc(NS(=O)(=O)c2cc(C)sc2C)c1. The van der Waals surface area contributed by atoms with E-state index in [2.05, 4.69) is 10.0 Å². The summed E-state index contributed by atoms with van der Waals surface area (Å²) in [5, 5.41) is 3.22. The van der Waals surface area contributed by atoms with Gasteiger partial charge in [0.1, 0.15) is 4.90 Å². The molecule has 21 heavy (non-hydrogen) atoms. The van der Waals surface area contributed by atoms with Gasteiger partial charge in [-0.3, -0.25) is 4.72 Å². The average molecular weight is 324 g/mol. The van der Waals surface area contributed by atoms with Crippen LogP contribution in [0, 0.1) is 13.8 Å². The van der Waals surface area contributed by atoms with Gasteiger partial charge in [0, 0.05) is 22.0 Å². The third kappa shape index (κ3) is 4.06. The van der Waals surface area contributed by atoms with E-state index in [0.29, 0.717) is 10.6 Å². The quantitative estimate of drug-likeness (QED) is 0.857. The molecule has 0 bridgehead atoms. The van der Waals surface area contributed by atoms with E-state index in [1.807, 2.05) is 39.0 Å². The van der Waals surface area contributed by atoms with Crippen molar-refractivity contribution < 1.29 is 8.42 Å². The van der Waals surface area contributed by atoms with Crippen molar-refractivity contribution in [3.05, 3.63) is 45.6 Å². The molecular weight excluding hydrogens is 304 g/mol. The zero-order chi connectivity index (χ0) is 15.5. The van der Waals surface area contributed by atoms with Crippen LogP contribution in [0.2, 0.25) is 0 Å². The number of sulfonamides is 1. The van der Waals surface area contributed by atoms with Crippen molar-refractivity contribution in [2.24, 2.45) is 0 Å². The Morgan fingerprint density at radius 2 is 1.95 bits per heavy atom. The maximum Gasteiger partial charge on any atom is 0.262 e. The summed E-state index contributed by atoms with van der Waals surface area (Å²) in [5.41, 5.74) is 1.64. The molecule has 0 aliphatic carbocycles. The van der Waals surface area contributed by atoms with Crippen LogP contribution >= 0.6 is 11.3 Å². The number of nitrogens with one attached hydrogen (secondary N) is 2. The number of aryl methyl sites for hydroxylation is 2. The van der Waals surface area contributed by atoms with Gasteiger partial charge in [-0.05, 0) is 44.2 Å². The molecule has 6 heteroatoms. The highest BCUT2D eigenvalue weighted by Crippen LogP contribution is 2.26. The first-order valence-electron chi connectivity index (χ1n) is 6.82. The van der Waals surface area contributed by atoms with E-state index in [0.717, 1.165) is 28.4 Å². The molecule has 0 spiro atoms. The Bertz CT molecular complexity index is 721. The number of hydrogen-bond donors (Lipinski definition) is 2. The van der Waals surface area contributed by atoms with Crippen molar-refractivity contribution in [3.63, 3.8) is 0 Å². The zero-order valence-electron chi connectivity index (χ0n) is 12.4. The van der Waals surface area contributed by atoms with Crippen LogP contribution in [0.1, 0.15) is 22.2 Å². The number of rotatable bonds is 6. The molecule has 114 valence electrons. The van der Waals surface area contributed by atoms with Crippen LogP contribution in [0.5, 0.6) is 0 Å². The first-order valence-corrected chi connectivity index (χ1v) is 9.12. The van der Waals surface area contributed by atoms with Gasteiger partial charge >= 0.3 is 0 Å². The van der Waals surface area contributed by atoms with Gasteiger partial charge in [-0.25, -0.2) is 8.42 Å². The van der Waals surface area contributed by atoms with E-state index < -0.39 is 10.0 Å². The Kier molecular flexibility index (Phi) is 5.03. The highest BCUT2D eigenvalue weighted by atomic mass is 32.2. The van der Waals surface area contributed by atoms with Gasteiger partial charge < -0.3 is 5.32 Å². The second-order valence-corrected chi connectivity index (χ2v) is 7.97. The van der Waals surface area contributed by atoms with E-state index in [1.54, 1.807) is 12.1 Å². The maximum absolute atomic E-state index is 12.4. The summed E-state index contributed by atoms with van der Waals surface area (Å²) >= 11 is 1.49. The van der Waals surface area contributed by atoms with E-state index in [-0.39, 0.29) is 0 Å². The molecule has 0 amide bonds. The number of anilines is 1. The maximum atomic E-state index is 12.4. The van der Waals surface area contributed by atoms with Crippen LogP contribution in [-0.2, 0) is 16.6 Å². The molecular formula is C15H20N2O2S2. The van der Waals surface area contributed by atoms with Gasteiger partial charge in [0.25, 0.3) is 10.0 Å². The molecule has 0 saturated heterocycles. The largest absolute Gasteiger partial charge is 0.313 e. The van der Waals surface area contributed by atoms with Crippen molar-refractivity contribution in [1.29, 1.82) is 0 Å². The summed E-state index contributed by atoms with van der Waals surface area (Å²) in [7, 11) is -3.52. The van der Waals surface area contributed by atoms with Gasteiger partial charge in [0.15, 0.2) is 0 Å². The lowest BCUT2D eigenvalue weighted by Gasteiger charge is -2.09. The fraction of sp³-hybridized carbons (Fsp3) is 0.333. The molecule has 0 saturated carbocycles. The van der Waals surface area contributed by atoms with Gasteiger partial charge in [-0.2, -0.15) is 0 Å². The minimum atomic E-state index is -3.52.